The molecule has 0 heterocycles. The Labute approximate surface area is 124 Å². The fourth-order valence-electron chi connectivity index (χ4n) is 1.73. The zero-order chi connectivity index (χ0) is 14.0. The highest BCUT2D eigenvalue weighted by atomic mass is 79.9. The number of halogens is 2. The second-order valence-electron chi connectivity index (χ2n) is 4.21. The molecule has 5 heteroatoms. The van der Waals surface area contributed by atoms with Gasteiger partial charge in [0.1, 0.15) is 0 Å². The van der Waals surface area contributed by atoms with Gasteiger partial charge in [-0.15, -0.1) is 0 Å². The van der Waals surface area contributed by atoms with Crippen LogP contribution in [0.3, 0.4) is 0 Å². The maximum atomic E-state index is 12.2. The molecule has 0 saturated carbocycles. The van der Waals surface area contributed by atoms with Gasteiger partial charge >= 0.3 is 0 Å². The highest BCUT2D eigenvalue weighted by Gasteiger charge is 2.09. The van der Waals surface area contributed by atoms with Crippen LogP contribution in [0.4, 0.5) is 11.4 Å². The molecule has 0 spiro atoms. The van der Waals surface area contributed by atoms with Crippen LogP contribution in [-0.4, -0.2) is 5.91 Å². The Morgan fingerprint density at radius 1 is 1.26 bits per heavy atom. The summed E-state index contributed by atoms with van der Waals surface area (Å²) in [5.74, 6) is -0.224. The van der Waals surface area contributed by atoms with E-state index in [-0.39, 0.29) is 5.91 Å². The average molecular weight is 340 g/mol. The van der Waals surface area contributed by atoms with E-state index in [9.17, 15) is 4.79 Å². The molecule has 0 bridgehead atoms. The molecule has 3 nitrogen and oxygen atoms in total. The van der Waals surface area contributed by atoms with Crippen molar-refractivity contribution in [1.82, 2.24) is 0 Å². The van der Waals surface area contributed by atoms with Gasteiger partial charge in [0, 0.05) is 20.7 Å². The van der Waals surface area contributed by atoms with Crippen molar-refractivity contribution in [2.24, 2.45) is 0 Å². The molecule has 0 atom stereocenters. The standard InChI is InChI=1S/C14H12BrClN2O/c1-8-4-9(6-11(17)5-8)14(19)18-13-7-10(16)2-3-12(13)15/h2-7H,17H2,1H3,(H,18,19). The Kier molecular flexibility index (Phi) is 4.12. The predicted molar refractivity (Wildman–Crippen MR) is 82.7 cm³/mol. The van der Waals surface area contributed by atoms with Crippen LogP contribution in [0, 0.1) is 6.92 Å². The molecular formula is C14H12BrClN2O. The molecule has 0 radical (unpaired) electrons. The van der Waals surface area contributed by atoms with Crippen molar-refractivity contribution >= 4 is 44.8 Å². The number of nitrogens with two attached hydrogens (primary N) is 1. The molecule has 0 aromatic heterocycles. The van der Waals surface area contributed by atoms with E-state index in [2.05, 4.69) is 21.2 Å². The van der Waals surface area contributed by atoms with Gasteiger partial charge in [-0.3, -0.25) is 4.79 Å². The smallest absolute Gasteiger partial charge is 0.255 e. The molecule has 0 fully saturated rings. The number of carbonyl (C=O) groups excluding carboxylic acids is 1. The molecule has 98 valence electrons. The molecule has 1 amide bonds. The zero-order valence-corrected chi connectivity index (χ0v) is 12.5. The van der Waals surface area contributed by atoms with Crippen molar-refractivity contribution in [3.63, 3.8) is 0 Å². The predicted octanol–water partition coefficient (Wildman–Crippen LogP) is 4.25. The average Bonchev–Trinajstić information content (AvgIpc) is 2.32. The van der Waals surface area contributed by atoms with Crippen molar-refractivity contribution < 1.29 is 4.79 Å². The summed E-state index contributed by atoms with van der Waals surface area (Å²) in [6.45, 7) is 1.89. The summed E-state index contributed by atoms with van der Waals surface area (Å²) in [6.07, 6.45) is 0. The van der Waals surface area contributed by atoms with Gasteiger partial charge in [-0.25, -0.2) is 0 Å². The number of rotatable bonds is 2. The van der Waals surface area contributed by atoms with E-state index >= 15 is 0 Å². The second-order valence-corrected chi connectivity index (χ2v) is 5.50. The van der Waals surface area contributed by atoms with Gasteiger partial charge in [-0.2, -0.15) is 0 Å². The Hall–Kier alpha value is -1.52. The normalized spacial score (nSPS) is 10.3. The van der Waals surface area contributed by atoms with Gasteiger partial charge in [0.05, 0.1) is 5.69 Å². The molecular weight excluding hydrogens is 328 g/mol. The van der Waals surface area contributed by atoms with Crippen molar-refractivity contribution in [2.45, 2.75) is 6.92 Å². The molecule has 0 saturated heterocycles. The summed E-state index contributed by atoms with van der Waals surface area (Å²) >= 11 is 9.27. The van der Waals surface area contributed by atoms with E-state index in [1.165, 1.54) is 0 Å². The summed E-state index contributed by atoms with van der Waals surface area (Å²) in [5, 5.41) is 3.35. The maximum absolute atomic E-state index is 12.2. The van der Waals surface area contributed by atoms with Gasteiger partial charge in [-0.05, 0) is 64.8 Å². The number of hydrogen-bond donors (Lipinski definition) is 2. The Balaban J connectivity index is 2.28. The number of nitrogen functional groups attached to an aromatic ring is 1. The third-order valence-corrected chi connectivity index (χ3v) is 3.47. The van der Waals surface area contributed by atoms with E-state index in [4.69, 9.17) is 17.3 Å². The van der Waals surface area contributed by atoms with Crippen LogP contribution in [0.15, 0.2) is 40.9 Å². The SMILES string of the molecule is Cc1cc(N)cc(C(=O)Nc2cc(Cl)ccc2Br)c1. The molecule has 2 aromatic carbocycles. The molecule has 2 rings (SSSR count). The largest absolute Gasteiger partial charge is 0.399 e. The molecule has 0 unspecified atom stereocenters. The van der Waals surface area contributed by atoms with Crippen LogP contribution < -0.4 is 11.1 Å². The Morgan fingerprint density at radius 3 is 2.68 bits per heavy atom. The van der Waals surface area contributed by atoms with Crippen molar-refractivity contribution in [1.29, 1.82) is 0 Å². The van der Waals surface area contributed by atoms with E-state index < -0.39 is 0 Å². The fraction of sp³-hybridized carbons (Fsp3) is 0.0714. The van der Waals surface area contributed by atoms with E-state index in [1.807, 2.05) is 13.0 Å². The summed E-state index contributed by atoms with van der Waals surface area (Å²) in [6, 6.07) is 10.4. The summed E-state index contributed by atoms with van der Waals surface area (Å²) in [5.41, 5.74) is 8.38. The quantitative estimate of drug-likeness (QED) is 0.804. The minimum atomic E-state index is -0.224. The molecule has 0 aliphatic heterocycles. The lowest BCUT2D eigenvalue weighted by atomic mass is 10.1. The number of nitrogens with one attached hydrogen (secondary N) is 1. The Bertz CT molecular complexity index is 623. The van der Waals surface area contributed by atoms with Crippen LogP contribution in [0.2, 0.25) is 5.02 Å². The van der Waals surface area contributed by atoms with Crippen LogP contribution in [-0.2, 0) is 0 Å². The lowest BCUT2D eigenvalue weighted by Crippen LogP contribution is -2.13. The monoisotopic (exact) mass is 338 g/mol. The van der Waals surface area contributed by atoms with Gasteiger partial charge in [0.2, 0.25) is 0 Å². The number of hydrogen-bond acceptors (Lipinski definition) is 2. The lowest BCUT2D eigenvalue weighted by Gasteiger charge is -2.09. The highest BCUT2D eigenvalue weighted by molar-refractivity contribution is 9.10. The van der Waals surface area contributed by atoms with Gasteiger partial charge in [-0.1, -0.05) is 11.6 Å². The highest BCUT2D eigenvalue weighted by Crippen LogP contribution is 2.26. The van der Waals surface area contributed by atoms with Gasteiger partial charge in [0.25, 0.3) is 5.91 Å². The number of amides is 1. The number of anilines is 2. The number of carbonyl (C=O) groups is 1. The number of aryl methyl sites for hydroxylation is 1. The Morgan fingerprint density at radius 2 is 2.00 bits per heavy atom. The molecule has 3 N–H and O–H groups in total. The van der Waals surface area contributed by atoms with Crippen molar-refractivity contribution in [3.05, 3.63) is 57.0 Å². The number of benzene rings is 2. The van der Waals surface area contributed by atoms with Crippen LogP contribution >= 0.6 is 27.5 Å². The molecule has 0 aliphatic carbocycles. The van der Waals surface area contributed by atoms with Crippen LogP contribution in [0.5, 0.6) is 0 Å². The molecule has 19 heavy (non-hydrogen) atoms. The van der Waals surface area contributed by atoms with Gasteiger partial charge < -0.3 is 11.1 Å². The van der Waals surface area contributed by atoms with Crippen LogP contribution in [0.1, 0.15) is 15.9 Å². The molecule has 2 aromatic rings. The minimum Gasteiger partial charge on any atom is -0.399 e. The maximum Gasteiger partial charge on any atom is 0.255 e. The second kappa shape index (κ2) is 5.63. The van der Waals surface area contributed by atoms with Crippen LogP contribution in [0.25, 0.3) is 0 Å². The first-order valence-corrected chi connectivity index (χ1v) is 6.76. The topological polar surface area (TPSA) is 55.1 Å². The first-order valence-electron chi connectivity index (χ1n) is 5.59. The van der Waals surface area contributed by atoms with E-state index in [0.29, 0.717) is 22.0 Å². The summed E-state index contributed by atoms with van der Waals surface area (Å²) < 4.78 is 0.769. The third-order valence-electron chi connectivity index (χ3n) is 2.54. The first kappa shape index (κ1) is 13.9. The summed E-state index contributed by atoms with van der Waals surface area (Å²) in [4.78, 5) is 12.2. The van der Waals surface area contributed by atoms with E-state index in [0.717, 1.165) is 10.0 Å². The first-order chi connectivity index (χ1) is 8.95. The minimum absolute atomic E-state index is 0.224. The zero-order valence-electron chi connectivity index (χ0n) is 10.2. The van der Waals surface area contributed by atoms with Crippen molar-refractivity contribution in [2.75, 3.05) is 11.1 Å². The fourth-order valence-corrected chi connectivity index (χ4v) is 2.25. The van der Waals surface area contributed by atoms with E-state index in [1.54, 1.807) is 30.3 Å². The van der Waals surface area contributed by atoms with Gasteiger partial charge in [0.15, 0.2) is 0 Å². The third kappa shape index (κ3) is 3.49. The van der Waals surface area contributed by atoms with Crippen molar-refractivity contribution in [3.8, 4) is 0 Å². The molecule has 0 aliphatic rings. The summed E-state index contributed by atoms with van der Waals surface area (Å²) in [7, 11) is 0. The lowest BCUT2D eigenvalue weighted by molar-refractivity contribution is 0.102.